The van der Waals surface area contributed by atoms with Crippen molar-refractivity contribution in [2.45, 2.75) is 6.42 Å². The molecule has 2 aliphatic rings. The molecule has 2 aliphatic heterocycles. The van der Waals surface area contributed by atoms with Crippen LogP contribution in [-0.4, -0.2) is 56.1 Å². The van der Waals surface area contributed by atoms with Gasteiger partial charge in [-0.15, -0.1) is 0 Å². The summed E-state index contributed by atoms with van der Waals surface area (Å²) in [5.74, 6) is 0. The summed E-state index contributed by atoms with van der Waals surface area (Å²) in [6, 6.07) is 0.0754. The van der Waals surface area contributed by atoms with Gasteiger partial charge in [0.1, 0.15) is 0 Å². The third-order valence-corrected chi connectivity index (χ3v) is 3.15. The molecule has 0 bridgehead atoms. The fraction of sp³-hybridized carbons (Fsp3) is 0.889. The van der Waals surface area contributed by atoms with Crippen LogP contribution >= 0.6 is 0 Å². The molecular formula is C9H17N3O. The molecule has 2 amide bonds. The highest BCUT2D eigenvalue weighted by Gasteiger charge is 2.46. The normalized spacial score (nSPS) is 26.2. The van der Waals surface area contributed by atoms with Gasteiger partial charge in [-0.3, -0.25) is 0 Å². The Labute approximate surface area is 78.9 Å². The van der Waals surface area contributed by atoms with E-state index in [4.69, 9.17) is 0 Å². The van der Waals surface area contributed by atoms with Gasteiger partial charge < -0.3 is 15.1 Å². The smallest absolute Gasteiger partial charge is 0.317 e. The molecule has 2 saturated heterocycles. The van der Waals surface area contributed by atoms with Gasteiger partial charge in [-0.05, 0) is 13.5 Å². The molecule has 1 spiro atoms. The van der Waals surface area contributed by atoms with Crippen molar-refractivity contribution in [3.8, 4) is 0 Å². The minimum Gasteiger partial charge on any atom is -0.341 e. The maximum atomic E-state index is 11.3. The van der Waals surface area contributed by atoms with E-state index in [1.165, 1.54) is 6.42 Å². The Morgan fingerprint density at radius 3 is 2.62 bits per heavy atom. The second kappa shape index (κ2) is 2.87. The third-order valence-electron chi connectivity index (χ3n) is 3.15. The van der Waals surface area contributed by atoms with Crippen LogP contribution in [0.15, 0.2) is 0 Å². The van der Waals surface area contributed by atoms with E-state index in [2.05, 4.69) is 17.3 Å². The molecule has 4 nitrogen and oxygen atoms in total. The first kappa shape index (κ1) is 8.81. The molecular weight excluding hydrogens is 166 g/mol. The molecule has 2 fully saturated rings. The van der Waals surface area contributed by atoms with Crippen LogP contribution in [0.1, 0.15) is 6.42 Å². The Bertz CT molecular complexity index is 223. The van der Waals surface area contributed by atoms with Crippen molar-refractivity contribution in [2.75, 3.05) is 40.3 Å². The highest BCUT2D eigenvalue weighted by atomic mass is 16.2. The first-order chi connectivity index (χ1) is 6.15. The number of rotatable bonds is 0. The van der Waals surface area contributed by atoms with Gasteiger partial charge in [-0.2, -0.15) is 0 Å². The Hall–Kier alpha value is -0.770. The van der Waals surface area contributed by atoms with Crippen molar-refractivity contribution >= 4 is 6.03 Å². The zero-order valence-corrected chi connectivity index (χ0v) is 8.34. The van der Waals surface area contributed by atoms with E-state index in [9.17, 15) is 4.79 Å². The number of hydrogen-bond acceptors (Lipinski definition) is 2. The van der Waals surface area contributed by atoms with Gasteiger partial charge >= 0.3 is 6.03 Å². The van der Waals surface area contributed by atoms with Gasteiger partial charge in [-0.25, -0.2) is 4.79 Å². The maximum absolute atomic E-state index is 11.3. The SMILES string of the molecule is CNC(=O)N1CCC2(CN(C)C2)C1. The summed E-state index contributed by atoms with van der Waals surface area (Å²) in [6.45, 7) is 4.17. The summed E-state index contributed by atoms with van der Waals surface area (Å²) in [4.78, 5) is 15.6. The summed E-state index contributed by atoms with van der Waals surface area (Å²) in [5, 5.41) is 2.68. The van der Waals surface area contributed by atoms with Gasteiger partial charge in [0.05, 0.1) is 0 Å². The fourth-order valence-corrected chi connectivity index (χ4v) is 2.62. The Kier molecular flexibility index (Phi) is 1.95. The van der Waals surface area contributed by atoms with Crippen LogP contribution in [0.25, 0.3) is 0 Å². The highest BCUT2D eigenvalue weighted by Crippen LogP contribution is 2.38. The van der Waals surface area contributed by atoms with Crippen LogP contribution in [0.5, 0.6) is 0 Å². The van der Waals surface area contributed by atoms with E-state index >= 15 is 0 Å². The van der Waals surface area contributed by atoms with E-state index < -0.39 is 0 Å². The standard InChI is InChI=1S/C9H17N3O/c1-10-8(13)12-4-3-9(7-12)5-11(2)6-9/h3-7H2,1-2H3,(H,10,13). The van der Waals surface area contributed by atoms with Gasteiger partial charge in [-0.1, -0.05) is 0 Å². The van der Waals surface area contributed by atoms with Crippen LogP contribution in [-0.2, 0) is 0 Å². The van der Waals surface area contributed by atoms with Crippen LogP contribution in [0.3, 0.4) is 0 Å². The van der Waals surface area contributed by atoms with Crippen LogP contribution in [0.4, 0.5) is 4.79 Å². The highest BCUT2D eigenvalue weighted by molar-refractivity contribution is 5.74. The lowest BCUT2D eigenvalue weighted by Gasteiger charge is -2.46. The van der Waals surface area contributed by atoms with Crippen molar-refractivity contribution in [1.82, 2.24) is 15.1 Å². The lowest BCUT2D eigenvalue weighted by Crippen LogP contribution is -2.56. The minimum atomic E-state index is 0.0754. The molecule has 13 heavy (non-hydrogen) atoms. The Morgan fingerprint density at radius 1 is 1.38 bits per heavy atom. The second-order valence-electron chi connectivity index (χ2n) is 4.40. The largest absolute Gasteiger partial charge is 0.341 e. The van der Waals surface area contributed by atoms with Gasteiger partial charge in [0.25, 0.3) is 0 Å². The molecule has 0 unspecified atom stereocenters. The van der Waals surface area contributed by atoms with Crippen molar-refractivity contribution in [3.63, 3.8) is 0 Å². The zero-order valence-electron chi connectivity index (χ0n) is 8.34. The van der Waals surface area contributed by atoms with Crippen molar-refractivity contribution < 1.29 is 4.79 Å². The quantitative estimate of drug-likeness (QED) is 0.572. The first-order valence-corrected chi connectivity index (χ1v) is 4.80. The van der Waals surface area contributed by atoms with E-state index in [0.29, 0.717) is 5.41 Å². The lowest BCUT2D eigenvalue weighted by atomic mass is 9.79. The van der Waals surface area contributed by atoms with Gasteiger partial charge in [0, 0.05) is 38.6 Å². The van der Waals surface area contributed by atoms with E-state index in [1.54, 1.807) is 7.05 Å². The van der Waals surface area contributed by atoms with Crippen molar-refractivity contribution in [2.24, 2.45) is 5.41 Å². The monoisotopic (exact) mass is 183 g/mol. The number of likely N-dealkylation sites (tertiary alicyclic amines) is 2. The Morgan fingerprint density at radius 2 is 2.08 bits per heavy atom. The molecule has 0 aliphatic carbocycles. The maximum Gasteiger partial charge on any atom is 0.317 e. The molecule has 2 heterocycles. The van der Waals surface area contributed by atoms with Crippen molar-refractivity contribution in [1.29, 1.82) is 0 Å². The van der Waals surface area contributed by atoms with Gasteiger partial charge in [0.2, 0.25) is 0 Å². The number of carbonyl (C=O) groups excluding carboxylic acids is 1. The third kappa shape index (κ3) is 1.39. The molecule has 0 radical (unpaired) electrons. The van der Waals surface area contributed by atoms with Gasteiger partial charge in [0.15, 0.2) is 0 Å². The summed E-state index contributed by atoms with van der Waals surface area (Å²) < 4.78 is 0. The average molecular weight is 183 g/mol. The molecule has 0 saturated carbocycles. The number of nitrogens with zero attached hydrogens (tertiary/aromatic N) is 2. The lowest BCUT2D eigenvalue weighted by molar-refractivity contribution is 0.0336. The molecule has 1 N–H and O–H groups in total. The predicted molar refractivity (Wildman–Crippen MR) is 50.6 cm³/mol. The Balaban J connectivity index is 1.91. The van der Waals surface area contributed by atoms with Crippen LogP contribution < -0.4 is 5.32 Å². The molecule has 0 aromatic heterocycles. The number of amides is 2. The van der Waals surface area contributed by atoms with E-state index in [0.717, 1.165) is 26.2 Å². The zero-order chi connectivity index (χ0) is 9.47. The number of carbonyl (C=O) groups is 1. The molecule has 4 heteroatoms. The van der Waals surface area contributed by atoms with Crippen LogP contribution in [0, 0.1) is 5.41 Å². The van der Waals surface area contributed by atoms with E-state index in [1.807, 2.05) is 4.90 Å². The molecule has 0 aromatic rings. The van der Waals surface area contributed by atoms with Crippen LogP contribution in [0.2, 0.25) is 0 Å². The molecule has 74 valence electrons. The van der Waals surface area contributed by atoms with E-state index in [-0.39, 0.29) is 6.03 Å². The summed E-state index contributed by atoms with van der Waals surface area (Å²) in [7, 11) is 3.83. The molecule has 2 rings (SSSR count). The number of nitrogens with one attached hydrogen (secondary N) is 1. The summed E-state index contributed by atoms with van der Waals surface area (Å²) >= 11 is 0. The minimum absolute atomic E-state index is 0.0754. The topological polar surface area (TPSA) is 35.6 Å². The number of hydrogen-bond donors (Lipinski definition) is 1. The fourth-order valence-electron chi connectivity index (χ4n) is 2.62. The first-order valence-electron chi connectivity index (χ1n) is 4.80. The predicted octanol–water partition coefficient (Wildman–Crippen LogP) is -0.0367. The molecule has 0 aromatic carbocycles. The summed E-state index contributed by atoms with van der Waals surface area (Å²) in [5.41, 5.74) is 0.432. The molecule has 0 atom stereocenters. The summed E-state index contributed by atoms with van der Waals surface area (Å²) in [6.07, 6.45) is 1.17. The van der Waals surface area contributed by atoms with Crippen molar-refractivity contribution in [3.05, 3.63) is 0 Å². The second-order valence-corrected chi connectivity index (χ2v) is 4.40. The average Bonchev–Trinajstić information content (AvgIpc) is 2.47. The number of urea groups is 1.